The highest BCUT2D eigenvalue weighted by atomic mass is 32.2. The Morgan fingerprint density at radius 2 is 1.45 bits per heavy atom. The van der Waals surface area contributed by atoms with E-state index >= 15 is 0 Å². The van der Waals surface area contributed by atoms with Crippen LogP contribution in [-0.4, -0.2) is 43.1 Å². The average molecular weight is 601 g/mol. The quantitative estimate of drug-likeness (QED) is 0.195. The Labute approximate surface area is 246 Å². The molecule has 6 aliphatic carbocycles. The summed E-state index contributed by atoms with van der Waals surface area (Å²) in [4.78, 5) is 40.9. The van der Waals surface area contributed by atoms with Gasteiger partial charge in [0.15, 0.2) is 5.41 Å². The number of hydrogen-bond donors (Lipinski definition) is 1. The SMILES string of the molecule is CC(C)c1cc(S(=O)(=O)O)cc(C(C)C)c1OC(=O)C12CC3CC1C(OC2=O)C3OC(=O)C12CC3CC(CC(C3)C1)C2. The van der Waals surface area contributed by atoms with Crippen molar-refractivity contribution in [2.45, 2.75) is 108 Å². The Morgan fingerprint density at radius 3 is 1.95 bits per heavy atom. The average Bonchev–Trinajstić information content (AvgIpc) is 3.49. The molecule has 1 N–H and O–H groups in total. The van der Waals surface area contributed by atoms with E-state index in [9.17, 15) is 27.4 Å². The molecular formula is C32H40O9S. The zero-order chi connectivity index (χ0) is 29.9. The van der Waals surface area contributed by atoms with Gasteiger partial charge in [-0.05, 0) is 104 Å². The van der Waals surface area contributed by atoms with Crippen LogP contribution in [0.15, 0.2) is 17.0 Å². The topological polar surface area (TPSA) is 133 Å². The summed E-state index contributed by atoms with van der Waals surface area (Å²) in [5.41, 5.74) is -0.994. The summed E-state index contributed by atoms with van der Waals surface area (Å²) < 4.78 is 51.8. The van der Waals surface area contributed by atoms with Crippen LogP contribution in [0.3, 0.4) is 0 Å². The first kappa shape index (κ1) is 28.3. The minimum atomic E-state index is -4.49. The van der Waals surface area contributed by atoms with Gasteiger partial charge in [0.25, 0.3) is 10.1 Å². The summed E-state index contributed by atoms with van der Waals surface area (Å²) in [6.07, 6.45) is 5.88. The lowest BCUT2D eigenvalue weighted by Gasteiger charge is -2.55. The Bertz CT molecular complexity index is 1410. The molecule has 5 atom stereocenters. The van der Waals surface area contributed by atoms with Gasteiger partial charge in [-0.25, -0.2) is 0 Å². The van der Waals surface area contributed by atoms with Crippen LogP contribution in [0.25, 0.3) is 0 Å². The second kappa shape index (κ2) is 9.27. The van der Waals surface area contributed by atoms with Crippen LogP contribution in [0.4, 0.5) is 0 Å². The third-order valence-electron chi connectivity index (χ3n) is 11.5. The van der Waals surface area contributed by atoms with Crippen molar-refractivity contribution in [3.05, 3.63) is 23.3 Å². The van der Waals surface area contributed by atoms with Gasteiger partial charge in [0.1, 0.15) is 18.0 Å². The van der Waals surface area contributed by atoms with Crippen molar-refractivity contribution in [1.29, 1.82) is 0 Å². The van der Waals surface area contributed by atoms with Crippen molar-refractivity contribution in [3.8, 4) is 5.75 Å². The van der Waals surface area contributed by atoms with E-state index in [1.54, 1.807) is 0 Å². The van der Waals surface area contributed by atoms with E-state index in [2.05, 4.69) is 0 Å². The summed E-state index contributed by atoms with van der Waals surface area (Å²) in [5.74, 6) is -0.542. The molecule has 6 bridgehead atoms. The summed E-state index contributed by atoms with van der Waals surface area (Å²) in [6, 6.07) is 2.64. The molecule has 0 aromatic heterocycles. The van der Waals surface area contributed by atoms with Crippen molar-refractivity contribution in [3.63, 3.8) is 0 Å². The van der Waals surface area contributed by atoms with Gasteiger partial charge >= 0.3 is 17.9 Å². The lowest BCUT2D eigenvalue weighted by atomic mass is 9.49. The third-order valence-corrected chi connectivity index (χ3v) is 12.3. The van der Waals surface area contributed by atoms with Gasteiger partial charge in [0.2, 0.25) is 0 Å². The molecule has 0 radical (unpaired) electrons. The fraction of sp³-hybridized carbons (Fsp3) is 0.719. The van der Waals surface area contributed by atoms with Crippen molar-refractivity contribution in [1.82, 2.24) is 0 Å². The molecule has 7 fully saturated rings. The molecule has 7 aliphatic rings. The largest absolute Gasteiger partial charge is 0.458 e. The number of rotatable bonds is 7. The van der Waals surface area contributed by atoms with E-state index in [0.717, 1.165) is 19.3 Å². The van der Waals surface area contributed by atoms with Gasteiger partial charge in [-0.3, -0.25) is 18.9 Å². The first-order valence-corrected chi connectivity index (χ1v) is 17.0. The van der Waals surface area contributed by atoms with E-state index < -0.39 is 51.0 Å². The predicted octanol–water partition coefficient (Wildman–Crippen LogP) is 5.17. The number of fused-ring (bicyclic) bond motifs is 1. The minimum Gasteiger partial charge on any atom is -0.458 e. The maximum absolute atomic E-state index is 14.0. The van der Waals surface area contributed by atoms with Crippen LogP contribution >= 0.6 is 0 Å². The lowest BCUT2D eigenvalue weighted by molar-refractivity contribution is -0.185. The molecule has 42 heavy (non-hydrogen) atoms. The highest BCUT2D eigenvalue weighted by Gasteiger charge is 2.76. The number of carbonyl (C=O) groups is 3. The second-order valence-electron chi connectivity index (χ2n) is 14.8. The summed E-state index contributed by atoms with van der Waals surface area (Å²) in [6.45, 7) is 7.35. The van der Waals surface area contributed by atoms with Crippen LogP contribution in [0.5, 0.6) is 5.75 Å². The van der Waals surface area contributed by atoms with Crippen molar-refractivity contribution in [2.75, 3.05) is 0 Å². The van der Waals surface area contributed by atoms with Gasteiger partial charge in [0.05, 0.1) is 10.3 Å². The molecule has 9 nitrogen and oxygen atoms in total. The molecule has 5 unspecified atom stereocenters. The highest BCUT2D eigenvalue weighted by molar-refractivity contribution is 7.85. The van der Waals surface area contributed by atoms with Gasteiger partial charge < -0.3 is 14.2 Å². The van der Waals surface area contributed by atoms with E-state index in [-0.39, 0.29) is 40.8 Å². The smallest absolute Gasteiger partial charge is 0.329 e. The fourth-order valence-electron chi connectivity index (χ4n) is 10.00. The fourth-order valence-corrected chi connectivity index (χ4v) is 10.5. The van der Waals surface area contributed by atoms with Crippen molar-refractivity contribution < 1.29 is 41.6 Å². The Balaban J connectivity index is 1.14. The van der Waals surface area contributed by atoms with E-state index in [1.165, 1.54) is 31.4 Å². The number of ether oxygens (including phenoxy) is 3. The summed E-state index contributed by atoms with van der Waals surface area (Å²) >= 11 is 0. The molecule has 1 heterocycles. The number of hydrogen-bond acceptors (Lipinski definition) is 8. The first-order valence-electron chi connectivity index (χ1n) is 15.5. The Hall–Kier alpha value is -2.46. The predicted molar refractivity (Wildman–Crippen MR) is 149 cm³/mol. The maximum atomic E-state index is 14.0. The van der Waals surface area contributed by atoms with Crippen LogP contribution < -0.4 is 4.74 Å². The molecule has 6 saturated carbocycles. The summed E-state index contributed by atoms with van der Waals surface area (Å²) in [5, 5.41) is 0. The molecule has 1 saturated heterocycles. The maximum Gasteiger partial charge on any atom is 0.329 e. The van der Waals surface area contributed by atoms with Gasteiger partial charge in [-0.15, -0.1) is 0 Å². The number of carbonyl (C=O) groups excluding carboxylic acids is 3. The molecule has 228 valence electrons. The molecule has 1 aliphatic heterocycles. The van der Waals surface area contributed by atoms with Gasteiger partial charge in [0, 0.05) is 11.8 Å². The Morgan fingerprint density at radius 1 is 0.905 bits per heavy atom. The lowest BCUT2D eigenvalue weighted by Crippen LogP contribution is -2.52. The Kier molecular flexibility index (Phi) is 6.25. The molecule has 10 heteroatoms. The zero-order valence-corrected chi connectivity index (χ0v) is 25.4. The van der Waals surface area contributed by atoms with Crippen LogP contribution in [0.1, 0.15) is 102 Å². The molecule has 0 spiro atoms. The third kappa shape index (κ3) is 4.03. The number of esters is 3. The normalized spacial score (nSPS) is 39.3. The van der Waals surface area contributed by atoms with Crippen LogP contribution in [-0.2, 0) is 34.0 Å². The molecule has 1 aromatic carbocycles. The van der Waals surface area contributed by atoms with Crippen LogP contribution in [0, 0.1) is 40.4 Å². The van der Waals surface area contributed by atoms with Crippen LogP contribution in [0.2, 0.25) is 0 Å². The summed E-state index contributed by atoms with van der Waals surface area (Å²) in [7, 11) is -4.49. The minimum absolute atomic E-state index is 0.141. The standard InChI is InChI=1S/C32H40O9S/c1-15(2)22-9-21(42(36,37)38)10-23(16(3)4)26(22)40-29(34)32-14-20-8-24(32)27(41-30(32)35)25(20)39-28(33)31-11-17-5-18(12-31)7-19(6-17)13-31/h9-10,15-20,24-25,27H,5-8,11-14H2,1-4H3,(H,36,37,38). The van der Waals surface area contributed by atoms with Gasteiger partial charge in [-0.2, -0.15) is 8.42 Å². The molecule has 0 amide bonds. The molecular weight excluding hydrogens is 560 g/mol. The van der Waals surface area contributed by atoms with E-state index in [1.807, 2.05) is 27.7 Å². The van der Waals surface area contributed by atoms with E-state index in [0.29, 0.717) is 35.3 Å². The monoisotopic (exact) mass is 600 g/mol. The first-order chi connectivity index (χ1) is 19.7. The van der Waals surface area contributed by atoms with Crippen molar-refractivity contribution in [2.24, 2.45) is 40.4 Å². The second-order valence-corrected chi connectivity index (χ2v) is 16.2. The molecule has 1 aromatic rings. The number of benzene rings is 1. The van der Waals surface area contributed by atoms with E-state index in [4.69, 9.17) is 14.2 Å². The zero-order valence-electron chi connectivity index (χ0n) is 24.6. The highest BCUT2D eigenvalue weighted by Crippen LogP contribution is 2.65. The van der Waals surface area contributed by atoms with Crippen molar-refractivity contribution >= 4 is 28.0 Å². The molecule has 8 rings (SSSR count). The van der Waals surface area contributed by atoms with Gasteiger partial charge in [-0.1, -0.05) is 27.7 Å².